The van der Waals surface area contributed by atoms with Gasteiger partial charge < -0.3 is 0 Å². The van der Waals surface area contributed by atoms with Gasteiger partial charge in [-0.3, -0.25) is 4.57 Å². The Morgan fingerprint density at radius 2 is 1.43 bits per heavy atom. The highest BCUT2D eigenvalue weighted by molar-refractivity contribution is 6.35. The lowest BCUT2D eigenvalue weighted by Crippen LogP contribution is -2.42. The molecule has 4 aromatic rings. The van der Waals surface area contributed by atoms with Crippen molar-refractivity contribution in [1.82, 2.24) is 9.55 Å². The van der Waals surface area contributed by atoms with Gasteiger partial charge in [-0.05, 0) is 51.1 Å². The zero-order valence-electron chi connectivity index (χ0n) is 22.5. The van der Waals surface area contributed by atoms with Gasteiger partial charge in [0.1, 0.15) is 5.82 Å². The van der Waals surface area contributed by atoms with Crippen molar-refractivity contribution < 1.29 is 0 Å². The van der Waals surface area contributed by atoms with E-state index in [0.717, 1.165) is 33.1 Å². The Hall–Kier alpha value is -2.58. The highest BCUT2D eigenvalue weighted by Crippen LogP contribution is 2.61. The second-order valence-electron chi connectivity index (χ2n) is 12.8. The predicted molar refractivity (Wildman–Crippen MR) is 150 cm³/mol. The monoisotopic (exact) mass is 484 g/mol. The van der Waals surface area contributed by atoms with Crippen LogP contribution in [0.3, 0.4) is 0 Å². The SMILES string of the molecule is CC(C)(C)c1nc2ccccc2n1-c1cccc(-c2ccc3c(c2)C(C)(C)C(C)(C)C3(C)C)c1Cl. The summed E-state index contributed by atoms with van der Waals surface area (Å²) >= 11 is 7.24. The summed E-state index contributed by atoms with van der Waals surface area (Å²) < 4.78 is 2.24. The normalized spacial score (nSPS) is 18.1. The summed E-state index contributed by atoms with van der Waals surface area (Å²) in [7, 11) is 0. The molecule has 1 aliphatic rings. The van der Waals surface area contributed by atoms with Gasteiger partial charge in [0.15, 0.2) is 0 Å². The Bertz CT molecular complexity index is 1460. The van der Waals surface area contributed by atoms with Crippen molar-refractivity contribution in [3.05, 3.63) is 82.6 Å². The number of imidazole rings is 1. The molecular weight excluding hydrogens is 448 g/mol. The van der Waals surface area contributed by atoms with Gasteiger partial charge in [0.05, 0.1) is 21.7 Å². The summed E-state index contributed by atoms with van der Waals surface area (Å²) in [6, 6.07) is 21.6. The maximum Gasteiger partial charge on any atom is 0.119 e. The molecule has 35 heavy (non-hydrogen) atoms. The lowest BCUT2D eigenvalue weighted by atomic mass is 9.59. The van der Waals surface area contributed by atoms with Crippen LogP contribution in [-0.4, -0.2) is 9.55 Å². The van der Waals surface area contributed by atoms with Gasteiger partial charge in [-0.15, -0.1) is 0 Å². The van der Waals surface area contributed by atoms with Crippen molar-refractivity contribution in [2.75, 3.05) is 0 Å². The van der Waals surface area contributed by atoms with Crippen molar-refractivity contribution in [2.24, 2.45) is 5.41 Å². The Morgan fingerprint density at radius 3 is 2.11 bits per heavy atom. The first-order valence-electron chi connectivity index (χ1n) is 12.6. The zero-order chi connectivity index (χ0) is 25.6. The molecule has 2 nitrogen and oxygen atoms in total. The summed E-state index contributed by atoms with van der Waals surface area (Å²) in [6.45, 7) is 20.9. The summed E-state index contributed by atoms with van der Waals surface area (Å²) in [5.74, 6) is 1.01. The van der Waals surface area contributed by atoms with E-state index in [2.05, 4.69) is 121 Å². The molecular formula is C32H37ClN2. The van der Waals surface area contributed by atoms with Crippen LogP contribution in [0.2, 0.25) is 5.02 Å². The average Bonchev–Trinajstić information content (AvgIpc) is 3.22. The fourth-order valence-corrected chi connectivity index (χ4v) is 6.24. The molecule has 1 heterocycles. The maximum absolute atomic E-state index is 7.24. The van der Waals surface area contributed by atoms with Gasteiger partial charge in [-0.1, -0.05) is 116 Å². The first-order chi connectivity index (χ1) is 16.2. The van der Waals surface area contributed by atoms with E-state index in [1.165, 1.54) is 16.7 Å². The molecule has 5 rings (SSSR count). The number of halogens is 1. The quantitative estimate of drug-likeness (QED) is 0.277. The van der Waals surface area contributed by atoms with Gasteiger partial charge in [-0.25, -0.2) is 4.98 Å². The number of nitrogens with zero attached hydrogens (tertiary/aromatic N) is 2. The van der Waals surface area contributed by atoms with E-state index >= 15 is 0 Å². The molecule has 3 aromatic carbocycles. The number of para-hydroxylation sites is 2. The molecule has 1 aromatic heterocycles. The van der Waals surface area contributed by atoms with E-state index < -0.39 is 0 Å². The molecule has 0 fully saturated rings. The largest absolute Gasteiger partial charge is 0.294 e. The van der Waals surface area contributed by atoms with E-state index in [1.807, 2.05) is 6.07 Å². The lowest BCUT2D eigenvalue weighted by molar-refractivity contribution is 0.125. The van der Waals surface area contributed by atoms with E-state index in [-0.39, 0.29) is 21.7 Å². The van der Waals surface area contributed by atoms with Crippen LogP contribution in [-0.2, 0) is 16.2 Å². The molecule has 0 spiro atoms. The van der Waals surface area contributed by atoms with E-state index in [1.54, 1.807) is 0 Å². The molecule has 0 saturated carbocycles. The Morgan fingerprint density at radius 1 is 0.771 bits per heavy atom. The van der Waals surface area contributed by atoms with Crippen LogP contribution in [0.1, 0.15) is 79.3 Å². The summed E-state index contributed by atoms with van der Waals surface area (Å²) in [5, 5.41) is 0.760. The third-order valence-electron chi connectivity index (χ3n) is 9.25. The van der Waals surface area contributed by atoms with E-state index in [9.17, 15) is 0 Å². The van der Waals surface area contributed by atoms with Gasteiger partial charge in [0.2, 0.25) is 0 Å². The predicted octanol–water partition coefficient (Wildman–Crippen LogP) is 9.24. The van der Waals surface area contributed by atoms with Crippen LogP contribution in [0.5, 0.6) is 0 Å². The molecule has 1 aliphatic carbocycles. The van der Waals surface area contributed by atoms with Crippen LogP contribution < -0.4 is 0 Å². The third kappa shape index (κ3) is 3.25. The molecule has 3 heteroatoms. The Labute approximate surface area is 215 Å². The number of fused-ring (bicyclic) bond motifs is 2. The standard InChI is InChI=1S/C32H37ClN2/c1-29(2,3)28-34-24-14-10-11-15-25(24)35(28)26-16-12-13-21(27(26)33)20-17-18-22-23(19-20)31(6,7)32(8,9)30(22,4)5/h10-19H,1-9H3. The first kappa shape index (κ1) is 24.1. The molecule has 0 radical (unpaired) electrons. The fourth-order valence-electron chi connectivity index (χ4n) is 5.92. The van der Waals surface area contributed by atoms with Gasteiger partial charge in [0.25, 0.3) is 0 Å². The van der Waals surface area contributed by atoms with Crippen molar-refractivity contribution in [2.45, 2.75) is 78.6 Å². The first-order valence-corrected chi connectivity index (χ1v) is 13.0. The number of hydrogen-bond donors (Lipinski definition) is 0. The molecule has 0 aliphatic heterocycles. The van der Waals surface area contributed by atoms with Gasteiger partial charge >= 0.3 is 0 Å². The van der Waals surface area contributed by atoms with Crippen LogP contribution in [0.25, 0.3) is 27.8 Å². The number of aromatic nitrogens is 2. The molecule has 0 saturated heterocycles. The minimum absolute atomic E-state index is 0.0475. The van der Waals surface area contributed by atoms with Gasteiger partial charge in [0, 0.05) is 11.0 Å². The summed E-state index contributed by atoms with van der Waals surface area (Å²) in [4.78, 5) is 5.01. The van der Waals surface area contributed by atoms with Crippen LogP contribution in [0.15, 0.2) is 60.7 Å². The molecule has 0 unspecified atom stereocenters. The second-order valence-corrected chi connectivity index (χ2v) is 13.2. The van der Waals surface area contributed by atoms with E-state index in [0.29, 0.717) is 0 Å². The number of rotatable bonds is 2. The van der Waals surface area contributed by atoms with Crippen LogP contribution >= 0.6 is 11.6 Å². The maximum atomic E-state index is 7.24. The van der Waals surface area contributed by atoms with Gasteiger partial charge in [-0.2, -0.15) is 0 Å². The zero-order valence-corrected chi connectivity index (χ0v) is 23.3. The highest BCUT2D eigenvalue weighted by Gasteiger charge is 2.56. The van der Waals surface area contributed by atoms with Crippen molar-refractivity contribution in [1.29, 1.82) is 0 Å². The molecule has 0 atom stereocenters. The Kier molecular flexibility index (Phi) is 5.14. The third-order valence-corrected chi connectivity index (χ3v) is 9.65. The Balaban J connectivity index is 1.73. The summed E-state index contributed by atoms with van der Waals surface area (Å²) in [5.41, 5.74) is 8.27. The van der Waals surface area contributed by atoms with Crippen molar-refractivity contribution in [3.63, 3.8) is 0 Å². The lowest BCUT2D eigenvalue weighted by Gasteiger charge is -2.44. The fraction of sp³-hybridized carbons (Fsp3) is 0.406. The molecule has 0 bridgehead atoms. The molecule has 182 valence electrons. The topological polar surface area (TPSA) is 17.8 Å². The number of benzene rings is 3. The average molecular weight is 485 g/mol. The highest BCUT2D eigenvalue weighted by atomic mass is 35.5. The van der Waals surface area contributed by atoms with Crippen molar-refractivity contribution >= 4 is 22.6 Å². The minimum atomic E-state index is -0.132. The van der Waals surface area contributed by atoms with Crippen molar-refractivity contribution in [3.8, 4) is 16.8 Å². The summed E-state index contributed by atoms with van der Waals surface area (Å²) in [6.07, 6.45) is 0. The van der Waals surface area contributed by atoms with E-state index in [4.69, 9.17) is 16.6 Å². The minimum Gasteiger partial charge on any atom is -0.294 e. The second kappa shape index (κ2) is 7.46. The van der Waals surface area contributed by atoms with Crippen LogP contribution in [0.4, 0.5) is 0 Å². The molecule has 0 N–H and O–H groups in total. The van der Waals surface area contributed by atoms with Crippen LogP contribution in [0, 0.1) is 5.41 Å². The number of hydrogen-bond acceptors (Lipinski definition) is 1. The molecule has 0 amide bonds. The smallest absolute Gasteiger partial charge is 0.119 e.